The van der Waals surface area contributed by atoms with E-state index in [-0.39, 0.29) is 17.8 Å². The molecule has 0 radical (unpaired) electrons. The molecule has 2 rings (SSSR count). The molecule has 0 aliphatic heterocycles. The van der Waals surface area contributed by atoms with Crippen LogP contribution >= 0.6 is 0 Å². The Balaban J connectivity index is 2.22. The minimum absolute atomic E-state index is 0.187. The van der Waals surface area contributed by atoms with E-state index in [2.05, 4.69) is 4.98 Å². The molecule has 1 aromatic carbocycles. The molecule has 1 aromatic heterocycles. The van der Waals surface area contributed by atoms with Gasteiger partial charge in [-0.15, -0.1) is 0 Å². The summed E-state index contributed by atoms with van der Waals surface area (Å²) in [5.74, 6) is 0.187. The standard InChI is InChI=1S/C14H15NO3/c1-10-7-13(17)14(12(8-16)15-10)18-9-11-5-3-2-4-6-11/h2-7,16H,8-9H2,1H3,(H,15,17). The number of pyridine rings is 1. The number of aromatic nitrogens is 1. The van der Waals surface area contributed by atoms with E-state index < -0.39 is 0 Å². The van der Waals surface area contributed by atoms with Crippen LogP contribution in [0.15, 0.2) is 41.2 Å². The van der Waals surface area contributed by atoms with Crippen molar-refractivity contribution in [2.45, 2.75) is 20.1 Å². The third-order valence-electron chi connectivity index (χ3n) is 2.58. The number of aliphatic hydroxyl groups is 1. The van der Waals surface area contributed by atoms with E-state index in [1.807, 2.05) is 30.3 Å². The Bertz CT molecular complexity index is 575. The van der Waals surface area contributed by atoms with Gasteiger partial charge in [-0.1, -0.05) is 30.3 Å². The first-order chi connectivity index (χ1) is 8.70. The van der Waals surface area contributed by atoms with E-state index in [0.717, 1.165) is 5.56 Å². The third kappa shape index (κ3) is 2.78. The molecule has 2 N–H and O–H groups in total. The molecule has 0 bridgehead atoms. The molecule has 2 aromatic rings. The van der Waals surface area contributed by atoms with Gasteiger partial charge in [0.25, 0.3) is 0 Å². The molecule has 18 heavy (non-hydrogen) atoms. The van der Waals surface area contributed by atoms with Crippen LogP contribution in [0, 0.1) is 6.92 Å². The van der Waals surface area contributed by atoms with E-state index >= 15 is 0 Å². The molecule has 0 saturated carbocycles. The quantitative estimate of drug-likeness (QED) is 0.862. The second-order valence-corrected chi connectivity index (χ2v) is 4.06. The number of ether oxygens (including phenoxy) is 1. The van der Waals surface area contributed by atoms with Crippen molar-refractivity contribution in [3.63, 3.8) is 0 Å². The Morgan fingerprint density at radius 3 is 2.67 bits per heavy atom. The predicted molar refractivity (Wildman–Crippen MR) is 68.5 cm³/mol. The fourth-order valence-electron chi connectivity index (χ4n) is 1.74. The Morgan fingerprint density at radius 2 is 2.00 bits per heavy atom. The van der Waals surface area contributed by atoms with Gasteiger partial charge >= 0.3 is 0 Å². The van der Waals surface area contributed by atoms with Gasteiger partial charge in [0, 0.05) is 11.8 Å². The Labute approximate surface area is 105 Å². The molecule has 0 spiro atoms. The number of aryl methyl sites for hydroxylation is 1. The maximum absolute atomic E-state index is 11.8. The largest absolute Gasteiger partial charge is 0.483 e. The number of nitrogens with one attached hydrogen (secondary N) is 1. The van der Waals surface area contributed by atoms with E-state index in [1.54, 1.807) is 6.92 Å². The summed E-state index contributed by atoms with van der Waals surface area (Å²) >= 11 is 0. The van der Waals surface area contributed by atoms with Crippen LogP contribution in [0.1, 0.15) is 17.0 Å². The molecule has 0 amide bonds. The van der Waals surface area contributed by atoms with Gasteiger partial charge in [-0.3, -0.25) is 4.79 Å². The molecule has 4 nitrogen and oxygen atoms in total. The van der Waals surface area contributed by atoms with E-state index in [1.165, 1.54) is 6.07 Å². The first kappa shape index (κ1) is 12.4. The lowest BCUT2D eigenvalue weighted by Crippen LogP contribution is -2.13. The van der Waals surface area contributed by atoms with Gasteiger partial charge in [-0.2, -0.15) is 0 Å². The van der Waals surface area contributed by atoms with Crippen LogP contribution in [-0.2, 0) is 13.2 Å². The van der Waals surface area contributed by atoms with Gasteiger partial charge in [-0.25, -0.2) is 0 Å². The first-order valence-corrected chi connectivity index (χ1v) is 5.71. The number of H-pyrrole nitrogens is 1. The molecule has 0 aliphatic carbocycles. The Hall–Kier alpha value is -2.07. The summed E-state index contributed by atoms with van der Waals surface area (Å²) in [6, 6.07) is 11.0. The van der Waals surface area contributed by atoms with Crippen LogP contribution in [0.3, 0.4) is 0 Å². The minimum atomic E-state index is -0.249. The first-order valence-electron chi connectivity index (χ1n) is 5.71. The summed E-state index contributed by atoms with van der Waals surface area (Å²) in [4.78, 5) is 14.7. The Morgan fingerprint density at radius 1 is 1.28 bits per heavy atom. The van der Waals surface area contributed by atoms with Crippen LogP contribution in [0.4, 0.5) is 0 Å². The highest BCUT2D eigenvalue weighted by atomic mass is 16.5. The highest BCUT2D eigenvalue weighted by molar-refractivity contribution is 5.29. The minimum Gasteiger partial charge on any atom is -0.483 e. The molecule has 0 saturated heterocycles. The van der Waals surface area contributed by atoms with Gasteiger partial charge in [0.2, 0.25) is 5.43 Å². The number of aromatic amines is 1. The number of hydrogen-bond acceptors (Lipinski definition) is 3. The van der Waals surface area contributed by atoms with Gasteiger partial charge in [0.1, 0.15) is 6.61 Å². The number of hydrogen-bond donors (Lipinski definition) is 2. The average molecular weight is 245 g/mol. The lowest BCUT2D eigenvalue weighted by molar-refractivity contribution is 0.251. The fraction of sp³-hybridized carbons (Fsp3) is 0.214. The molecule has 0 atom stereocenters. The highest BCUT2D eigenvalue weighted by Crippen LogP contribution is 2.13. The summed E-state index contributed by atoms with van der Waals surface area (Å²) in [6.07, 6.45) is 0. The van der Waals surface area contributed by atoms with Crippen molar-refractivity contribution in [3.8, 4) is 5.75 Å². The van der Waals surface area contributed by atoms with Crippen molar-refractivity contribution in [3.05, 3.63) is 63.6 Å². The fourth-order valence-corrected chi connectivity index (χ4v) is 1.74. The molecule has 4 heteroatoms. The van der Waals surface area contributed by atoms with E-state index in [9.17, 15) is 9.90 Å². The SMILES string of the molecule is Cc1cc(=O)c(OCc2ccccc2)c(CO)[nH]1. The van der Waals surface area contributed by atoms with Crippen LogP contribution in [0.25, 0.3) is 0 Å². The smallest absolute Gasteiger partial charge is 0.224 e. The Kier molecular flexibility index (Phi) is 3.79. The summed E-state index contributed by atoms with van der Waals surface area (Å²) in [7, 11) is 0. The molecule has 0 unspecified atom stereocenters. The molecule has 94 valence electrons. The molecular formula is C14H15NO3. The zero-order valence-electron chi connectivity index (χ0n) is 10.1. The average Bonchev–Trinajstić information content (AvgIpc) is 2.38. The van der Waals surface area contributed by atoms with Crippen molar-refractivity contribution in [1.29, 1.82) is 0 Å². The molecule has 1 heterocycles. The van der Waals surface area contributed by atoms with Crippen LogP contribution in [0.2, 0.25) is 0 Å². The number of rotatable bonds is 4. The van der Waals surface area contributed by atoms with Gasteiger partial charge in [0.05, 0.1) is 12.3 Å². The monoisotopic (exact) mass is 245 g/mol. The third-order valence-corrected chi connectivity index (χ3v) is 2.58. The van der Waals surface area contributed by atoms with Crippen molar-refractivity contribution in [2.75, 3.05) is 0 Å². The normalized spacial score (nSPS) is 10.3. The lowest BCUT2D eigenvalue weighted by atomic mass is 10.2. The second kappa shape index (κ2) is 5.51. The van der Waals surface area contributed by atoms with Crippen molar-refractivity contribution >= 4 is 0 Å². The zero-order valence-corrected chi connectivity index (χ0v) is 10.1. The van der Waals surface area contributed by atoms with Crippen molar-refractivity contribution < 1.29 is 9.84 Å². The molecule has 0 fully saturated rings. The maximum Gasteiger partial charge on any atom is 0.224 e. The van der Waals surface area contributed by atoms with E-state index in [4.69, 9.17) is 4.74 Å². The predicted octanol–water partition coefficient (Wildman–Crippen LogP) is 1.75. The second-order valence-electron chi connectivity index (χ2n) is 4.06. The van der Waals surface area contributed by atoms with Crippen LogP contribution in [0.5, 0.6) is 5.75 Å². The maximum atomic E-state index is 11.8. The topological polar surface area (TPSA) is 62.3 Å². The van der Waals surface area contributed by atoms with Gasteiger partial charge in [0.15, 0.2) is 5.75 Å². The van der Waals surface area contributed by atoms with Crippen molar-refractivity contribution in [2.24, 2.45) is 0 Å². The van der Waals surface area contributed by atoms with Crippen LogP contribution < -0.4 is 10.2 Å². The lowest BCUT2D eigenvalue weighted by Gasteiger charge is -2.10. The zero-order chi connectivity index (χ0) is 13.0. The van der Waals surface area contributed by atoms with Gasteiger partial charge < -0.3 is 14.8 Å². The number of aliphatic hydroxyl groups excluding tert-OH is 1. The van der Waals surface area contributed by atoms with Crippen molar-refractivity contribution in [1.82, 2.24) is 4.98 Å². The molecule has 0 aliphatic rings. The number of benzene rings is 1. The van der Waals surface area contributed by atoms with Crippen LogP contribution in [-0.4, -0.2) is 10.1 Å². The summed E-state index contributed by atoms with van der Waals surface area (Å²) in [6.45, 7) is 1.82. The molecular weight excluding hydrogens is 230 g/mol. The van der Waals surface area contributed by atoms with E-state index in [0.29, 0.717) is 18.0 Å². The summed E-state index contributed by atoms with van der Waals surface area (Å²) in [5.41, 5.74) is 1.87. The summed E-state index contributed by atoms with van der Waals surface area (Å²) < 4.78 is 5.50. The summed E-state index contributed by atoms with van der Waals surface area (Å²) in [5, 5.41) is 9.21. The van der Waals surface area contributed by atoms with Gasteiger partial charge in [-0.05, 0) is 12.5 Å². The highest BCUT2D eigenvalue weighted by Gasteiger charge is 2.09.